The van der Waals surface area contributed by atoms with Gasteiger partial charge in [0.2, 0.25) is 6.79 Å². The van der Waals surface area contributed by atoms with Gasteiger partial charge in [-0.05, 0) is 62.1 Å². The molecule has 2 N–H and O–H groups in total. The van der Waals surface area contributed by atoms with Crippen LogP contribution in [0, 0.1) is 20.8 Å². The molecule has 0 saturated carbocycles. The van der Waals surface area contributed by atoms with Gasteiger partial charge in [-0.1, -0.05) is 18.2 Å². The number of imide groups is 1. The smallest absolute Gasteiger partial charge is 0.325 e. The Labute approximate surface area is 180 Å². The zero-order valence-electron chi connectivity index (χ0n) is 18.0. The summed E-state index contributed by atoms with van der Waals surface area (Å²) >= 11 is 0. The third-order valence-electron chi connectivity index (χ3n) is 5.91. The summed E-state index contributed by atoms with van der Waals surface area (Å²) in [6.07, 6.45) is -1.03. The second-order valence-corrected chi connectivity index (χ2v) is 8.16. The molecule has 2 atom stereocenters. The van der Waals surface area contributed by atoms with Gasteiger partial charge in [0, 0.05) is 0 Å². The molecule has 2 aliphatic rings. The monoisotopic (exact) mass is 426 g/mol. The van der Waals surface area contributed by atoms with Crippen LogP contribution in [0.5, 0.6) is 17.2 Å². The number of rotatable bonds is 6. The molecule has 2 aromatic carbocycles. The minimum absolute atomic E-state index is 0.0388. The van der Waals surface area contributed by atoms with E-state index in [1.807, 2.05) is 32.9 Å². The lowest BCUT2D eigenvalue weighted by Gasteiger charge is -2.23. The summed E-state index contributed by atoms with van der Waals surface area (Å²) < 4.78 is 16.5. The number of carbonyl (C=O) groups excluding carboxylic acids is 2. The van der Waals surface area contributed by atoms with Crippen LogP contribution >= 0.6 is 0 Å². The predicted molar refractivity (Wildman–Crippen MR) is 112 cm³/mol. The van der Waals surface area contributed by atoms with Crippen LogP contribution in [0.4, 0.5) is 4.79 Å². The molecule has 31 heavy (non-hydrogen) atoms. The Morgan fingerprint density at radius 1 is 1.13 bits per heavy atom. The Hall–Kier alpha value is -3.26. The molecule has 2 aliphatic heterocycles. The number of urea groups is 1. The molecule has 0 radical (unpaired) electrons. The number of aliphatic hydroxyl groups is 1. The Morgan fingerprint density at radius 3 is 2.61 bits per heavy atom. The number of nitrogens with zero attached hydrogens (tertiary/aromatic N) is 1. The maximum Gasteiger partial charge on any atom is 0.325 e. The third-order valence-corrected chi connectivity index (χ3v) is 5.91. The molecular weight excluding hydrogens is 400 g/mol. The molecule has 2 heterocycles. The van der Waals surface area contributed by atoms with Crippen molar-refractivity contribution in [2.45, 2.75) is 39.3 Å². The second-order valence-electron chi connectivity index (χ2n) is 8.16. The molecule has 0 unspecified atom stereocenters. The largest absolute Gasteiger partial charge is 0.490 e. The fraction of sp³-hybridized carbons (Fsp3) is 0.391. The van der Waals surface area contributed by atoms with E-state index < -0.39 is 23.6 Å². The number of nitrogens with one attached hydrogen (secondary N) is 1. The average molecular weight is 426 g/mol. The first-order valence-electron chi connectivity index (χ1n) is 10.1. The van der Waals surface area contributed by atoms with Gasteiger partial charge in [-0.2, -0.15) is 0 Å². The molecule has 2 aromatic rings. The Balaban J connectivity index is 1.45. The quantitative estimate of drug-likeness (QED) is 0.689. The van der Waals surface area contributed by atoms with Gasteiger partial charge in [-0.3, -0.25) is 9.69 Å². The molecule has 0 bridgehead atoms. The highest BCUT2D eigenvalue weighted by Gasteiger charge is 2.49. The lowest BCUT2D eigenvalue weighted by molar-refractivity contribution is -0.132. The molecule has 0 aromatic heterocycles. The van der Waals surface area contributed by atoms with Crippen molar-refractivity contribution < 1.29 is 28.9 Å². The van der Waals surface area contributed by atoms with Gasteiger partial charge in [-0.15, -0.1) is 0 Å². The van der Waals surface area contributed by atoms with Crippen LogP contribution in [0.1, 0.15) is 29.2 Å². The zero-order valence-corrected chi connectivity index (χ0v) is 18.0. The van der Waals surface area contributed by atoms with E-state index in [-0.39, 0.29) is 19.9 Å². The van der Waals surface area contributed by atoms with Gasteiger partial charge in [0.15, 0.2) is 11.5 Å². The number of fused-ring (bicyclic) bond motifs is 1. The SMILES string of the molecule is Cc1ccc(C)c(OC[C@@H](O)CN2C(=O)N[C@](C)(c3ccc4c(c3)OCO4)C2=O)c1C. The van der Waals surface area contributed by atoms with E-state index in [1.54, 1.807) is 25.1 Å². The molecule has 3 amide bonds. The molecule has 8 nitrogen and oxygen atoms in total. The molecule has 1 saturated heterocycles. The number of ether oxygens (including phenoxy) is 3. The average Bonchev–Trinajstić information content (AvgIpc) is 3.29. The van der Waals surface area contributed by atoms with E-state index >= 15 is 0 Å². The van der Waals surface area contributed by atoms with Gasteiger partial charge in [0.1, 0.15) is 24.0 Å². The summed E-state index contributed by atoms with van der Waals surface area (Å²) in [6, 6.07) is 8.52. The third kappa shape index (κ3) is 3.67. The van der Waals surface area contributed by atoms with Crippen molar-refractivity contribution in [3.8, 4) is 17.2 Å². The lowest BCUT2D eigenvalue weighted by atomic mass is 9.91. The number of aliphatic hydroxyl groups excluding tert-OH is 1. The molecular formula is C23H26N2O6. The van der Waals surface area contributed by atoms with Crippen LogP contribution in [-0.2, 0) is 10.3 Å². The number of aryl methyl sites for hydroxylation is 2. The Morgan fingerprint density at radius 2 is 1.84 bits per heavy atom. The van der Waals surface area contributed by atoms with Gasteiger partial charge in [0.05, 0.1) is 6.54 Å². The summed E-state index contributed by atoms with van der Waals surface area (Å²) in [7, 11) is 0. The van der Waals surface area contributed by atoms with Crippen LogP contribution in [0.2, 0.25) is 0 Å². The molecule has 4 rings (SSSR count). The topological polar surface area (TPSA) is 97.3 Å². The number of hydrogen-bond acceptors (Lipinski definition) is 6. The maximum atomic E-state index is 13.1. The van der Waals surface area contributed by atoms with Crippen molar-refractivity contribution in [2.75, 3.05) is 19.9 Å². The number of hydrogen-bond donors (Lipinski definition) is 2. The van der Waals surface area contributed by atoms with Crippen LogP contribution in [0.25, 0.3) is 0 Å². The fourth-order valence-electron chi connectivity index (χ4n) is 3.86. The minimum atomic E-state index is -1.26. The van der Waals surface area contributed by atoms with E-state index in [4.69, 9.17) is 14.2 Å². The molecule has 164 valence electrons. The van der Waals surface area contributed by atoms with Gasteiger partial charge in [0.25, 0.3) is 5.91 Å². The van der Waals surface area contributed by atoms with Crippen molar-refractivity contribution in [3.05, 3.63) is 52.6 Å². The van der Waals surface area contributed by atoms with E-state index in [0.717, 1.165) is 21.6 Å². The van der Waals surface area contributed by atoms with Gasteiger partial charge < -0.3 is 24.6 Å². The number of amides is 3. The van der Waals surface area contributed by atoms with Crippen LogP contribution < -0.4 is 19.5 Å². The first-order chi connectivity index (χ1) is 14.7. The Bertz CT molecular complexity index is 1050. The van der Waals surface area contributed by atoms with Crippen molar-refractivity contribution >= 4 is 11.9 Å². The van der Waals surface area contributed by atoms with E-state index in [9.17, 15) is 14.7 Å². The Kier molecular flexibility index (Phi) is 5.26. The zero-order chi connectivity index (χ0) is 22.3. The first-order valence-corrected chi connectivity index (χ1v) is 10.1. The van der Waals surface area contributed by atoms with E-state index in [1.165, 1.54) is 0 Å². The molecule has 0 spiro atoms. The molecule has 0 aliphatic carbocycles. The first kappa shape index (κ1) is 21.0. The maximum absolute atomic E-state index is 13.1. The van der Waals surface area contributed by atoms with Crippen molar-refractivity contribution in [1.82, 2.24) is 10.2 Å². The summed E-state index contributed by atoms with van der Waals surface area (Å²) in [4.78, 5) is 26.7. The minimum Gasteiger partial charge on any atom is -0.490 e. The lowest BCUT2D eigenvalue weighted by Crippen LogP contribution is -2.42. The van der Waals surface area contributed by atoms with Gasteiger partial charge >= 0.3 is 6.03 Å². The number of benzene rings is 2. The van der Waals surface area contributed by atoms with Gasteiger partial charge in [-0.25, -0.2) is 4.79 Å². The van der Waals surface area contributed by atoms with Crippen LogP contribution in [0.3, 0.4) is 0 Å². The highest BCUT2D eigenvalue weighted by atomic mass is 16.7. The predicted octanol–water partition coefficient (Wildman–Crippen LogP) is 2.55. The van der Waals surface area contributed by atoms with Crippen molar-refractivity contribution in [2.24, 2.45) is 0 Å². The highest BCUT2D eigenvalue weighted by Crippen LogP contribution is 2.38. The normalized spacial score (nSPS) is 20.7. The molecule has 8 heteroatoms. The van der Waals surface area contributed by atoms with E-state index in [2.05, 4.69) is 5.32 Å². The van der Waals surface area contributed by atoms with E-state index in [0.29, 0.717) is 22.8 Å². The summed E-state index contributed by atoms with van der Waals surface area (Å²) in [5.41, 5.74) is 2.36. The standard InChI is InChI=1S/C23H26N2O6/c1-13-5-6-14(2)20(15(13)3)29-11-17(26)10-25-21(27)23(4,24-22(25)28)16-7-8-18-19(9-16)31-12-30-18/h5-9,17,26H,10-12H2,1-4H3,(H,24,28)/t17-,23+/m0/s1. The van der Waals surface area contributed by atoms with Crippen LogP contribution in [-0.4, -0.2) is 48.0 Å². The van der Waals surface area contributed by atoms with Crippen molar-refractivity contribution in [3.63, 3.8) is 0 Å². The summed E-state index contributed by atoms with van der Waals surface area (Å²) in [6.45, 7) is 7.42. The number of carbonyl (C=O) groups is 2. The molecule has 1 fully saturated rings. The summed E-state index contributed by atoms with van der Waals surface area (Å²) in [5.74, 6) is 1.38. The fourth-order valence-corrected chi connectivity index (χ4v) is 3.86. The highest BCUT2D eigenvalue weighted by molar-refractivity contribution is 6.07. The number of β-amino-alcohol motifs (C(OH)–C–C–N with tert-alkyl or cyclic N) is 1. The van der Waals surface area contributed by atoms with Crippen molar-refractivity contribution in [1.29, 1.82) is 0 Å². The summed E-state index contributed by atoms with van der Waals surface area (Å²) in [5, 5.41) is 13.2. The second kappa shape index (κ2) is 7.77. The van der Waals surface area contributed by atoms with Crippen LogP contribution in [0.15, 0.2) is 30.3 Å².